The van der Waals surface area contributed by atoms with Gasteiger partial charge in [0.05, 0.1) is 0 Å². The second kappa shape index (κ2) is 6.17. The van der Waals surface area contributed by atoms with Gasteiger partial charge in [-0.3, -0.25) is 4.90 Å². The van der Waals surface area contributed by atoms with Crippen LogP contribution in [0.2, 0.25) is 0 Å². The molecule has 3 atom stereocenters. The van der Waals surface area contributed by atoms with E-state index < -0.39 is 0 Å². The summed E-state index contributed by atoms with van der Waals surface area (Å²) in [6, 6.07) is 1.42. The fourth-order valence-electron chi connectivity index (χ4n) is 3.55. The summed E-state index contributed by atoms with van der Waals surface area (Å²) < 4.78 is 5.46. The van der Waals surface area contributed by atoms with E-state index >= 15 is 0 Å². The molecule has 0 aromatic heterocycles. The quantitative estimate of drug-likeness (QED) is 0.818. The molecular formula is C14H28N2O. The molecule has 2 rings (SSSR count). The van der Waals surface area contributed by atoms with Crippen LogP contribution in [0.15, 0.2) is 0 Å². The van der Waals surface area contributed by atoms with E-state index in [4.69, 9.17) is 10.5 Å². The Hall–Kier alpha value is -0.120. The first-order chi connectivity index (χ1) is 8.22. The van der Waals surface area contributed by atoms with Crippen molar-refractivity contribution in [3.63, 3.8) is 0 Å². The van der Waals surface area contributed by atoms with Crippen molar-refractivity contribution in [2.75, 3.05) is 26.8 Å². The number of rotatable bonds is 3. The standard InChI is InChI=1S/C14H28N2O/c1-11-3-4-12(10-15)14(9-11)16(2)13-5-7-17-8-6-13/h11-14H,3-10,15H2,1-2H3. The molecule has 1 aliphatic heterocycles. The molecule has 2 fully saturated rings. The maximum absolute atomic E-state index is 5.96. The van der Waals surface area contributed by atoms with Gasteiger partial charge in [-0.15, -0.1) is 0 Å². The maximum atomic E-state index is 5.96. The molecule has 3 nitrogen and oxygen atoms in total. The van der Waals surface area contributed by atoms with Gasteiger partial charge in [0.2, 0.25) is 0 Å². The Balaban J connectivity index is 1.96. The van der Waals surface area contributed by atoms with E-state index in [-0.39, 0.29) is 0 Å². The van der Waals surface area contributed by atoms with Crippen LogP contribution >= 0.6 is 0 Å². The Morgan fingerprint density at radius 2 is 1.88 bits per heavy atom. The van der Waals surface area contributed by atoms with Crippen LogP contribution in [-0.4, -0.2) is 43.8 Å². The highest BCUT2D eigenvalue weighted by Crippen LogP contribution is 2.33. The lowest BCUT2D eigenvalue weighted by molar-refractivity contribution is 0.00352. The first-order valence-corrected chi connectivity index (χ1v) is 7.22. The number of ether oxygens (including phenoxy) is 1. The second-order valence-electron chi connectivity index (χ2n) is 5.99. The molecule has 2 N–H and O–H groups in total. The summed E-state index contributed by atoms with van der Waals surface area (Å²) in [6.45, 7) is 5.11. The number of hydrogen-bond donors (Lipinski definition) is 1. The van der Waals surface area contributed by atoms with E-state index in [0.717, 1.165) is 25.7 Å². The molecule has 3 unspecified atom stereocenters. The Morgan fingerprint density at radius 3 is 2.53 bits per heavy atom. The molecule has 1 aliphatic carbocycles. The average molecular weight is 240 g/mol. The fourth-order valence-corrected chi connectivity index (χ4v) is 3.55. The highest BCUT2D eigenvalue weighted by atomic mass is 16.5. The first-order valence-electron chi connectivity index (χ1n) is 7.22. The first kappa shape index (κ1) is 13.3. The van der Waals surface area contributed by atoms with Gasteiger partial charge >= 0.3 is 0 Å². The molecular weight excluding hydrogens is 212 g/mol. The van der Waals surface area contributed by atoms with Gasteiger partial charge in [0.1, 0.15) is 0 Å². The van der Waals surface area contributed by atoms with Gasteiger partial charge in [0, 0.05) is 25.3 Å². The van der Waals surface area contributed by atoms with Crippen molar-refractivity contribution in [3.05, 3.63) is 0 Å². The monoisotopic (exact) mass is 240 g/mol. The van der Waals surface area contributed by atoms with Gasteiger partial charge in [-0.2, -0.15) is 0 Å². The Labute approximate surface area is 106 Å². The summed E-state index contributed by atoms with van der Waals surface area (Å²) in [5, 5.41) is 0. The molecule has 0 radical (unpaired) electrons. The molecule has 1 heterocycles. The predicted octanol–water partition coefficient (Wildman–Crippen LogP) is 1.86. The fraction of sp³-hybridized carbons (Fsp3) is 1.00. The summed E-state index contributed by atoms with van der Waals surface area (Å²) >= 11 is 0. The van der Waals surface area contributed by atoms with Gasteiger partial charge in [0.25, 0.3) is 0 Å². The largest absolute Gasteiger partial charge is 0.381 e. The van der Waals surface area contributed by atoms with Crippen molar-refractivity contribution < 1.29 is 4.74 Å². The predicted molar refractivity (Wildman–Crippen MR) is 71.0 cm³/mol. The summed E-state index contributed by atoms with van der Waals surface area (Å²) in [4.78, 5) is 2.62. The zero-order valence-corrected chi connectivity index (χ0v) is 11.4. The second-order valence-corrected chi connectivity index (χ2v) is 5.99. The summed E-state index contributed by atoms with van der Waals surface area (Å²) in [5.74, 6) is 1.57. The van der Waals surface area contributed by atoms with Crippen molar-refractivity contribution in [2.24, 2.45) is 17.6 Å². The van der Waals surface area contributed by atoms with E-state index in [1.807, 2.05) is 0 Å². The molecule has 1 saturated carbocycles. The highest BCUT2D eigenvalue weighted by Gasteiger charge is 2.33. The smallest absolute Gasteiger partial charge is 0.0480 e. The molecule has 0 bridgehead atoms. The van der Waals surface area contributed by atoms with Crippen LogP contribution in [0, 0.1) is 11.8 Å². The summed E-state index contributed by atoms with van der Waals surface area (Å²) in [6.07, 6.45) is 6.39. The molecule has 100 valence electrons. The lowest BCUT2D eigenvalue weighted by Gasteiger charge is -2.44. The average Bonchev–Trinajstić information content (AvgIpc) is 2.39. The van der Waals surface area contributed by atoms with Crippen LogP contribution in [0.25, 0.3) is 0 Å². The van der Waals surface area contributed by atoms with E-state index in [2.05, 4.69) is 18.9 Å². The molecule has 2 aliphatic rings. The minimum atomic E-state index is 0.701. The van der Waals surface area contributed by atoms with Gasteiger partial charge in [-0.25, -0.2) is 0 Å². The minimum Gasteiger partial charge on any atom is -0.381 e. The van der Waals surface area contributed by atoms with E-state index in [9.17, 15) is 0 Å². The Morgan fingerprint density at radius 1 is 1.18 bits per heavy atom. The SMILES string of the molecule is CC1CCC(CN)C(N(C)C2CCOCC2)C1. The molecule has 3 heteroatoms. The topological polar surface area (TPSA) is 38.5 Å². The highest BCUT2D eigenvalue weighted by molar-refractivity contribution is 4.88. The zero-order valence-electron chi connectivity index (χ0n) is 11.4. The van der Waals surface area contributed by atoms with E-state index in [0.29, 0.717) is 18.0 Å². The number of nitrogens with two attached hydrogens (primary N) is 1. The maximum Gasteiger partial charge on any atom is 0.0480 e. The van der Waals surface area contributed by atoms with Gasteiger partial charge in [-0.05, 0) is 51.1 Å². The van der Waals surface area contributed by atoms with Crippen molar-refractivity contribution in [1.82, 2.24) is 4.90 Å². The molecule has 0 amide bonds. The van der Waals surface area contributed by atoms with Crippen LogP contribution < -0.4 is 5.73 Å². The minimum absolute atomic E-state index is 0.701. The molecule has 0 aromatic carbocycles. The van der Waals surface area contributed by atoms with Crippen LogP contribution in [0.5, 0.6) is 0 Å². The van der Waals surface area contributed by atoms with Gasteiger partial charge < -0.3 is 10.5 Å². The third-order valence-electron chi connectivity index (χ3n) is 4.81. The lowest BCUT2D eigenvalue weighted by atomic mass is 9.77. The molecule has 0 spiro atoms. The Bertz CT molecular complexity index is 228. The third-order valence-corrected chi connectivity index (χ3v) is 4.81. The lowest BCUT2D eigenvalue weighted by Crippen LogP contribution is -2.50. The zero-order chi connectivity index (χ0) is 12.3. The van der Waals surface area contributed by atoms with Crippen molar-refractivity contribution in [1.29, 1.82) is 0 Å². The van der Waals surface area contributed by atoms with Crippen molar-refractivity contribution in [3.8, 4) is 0 Å². The van der Waals surface area contributed by atoms with Crippen molar-refractivity contribution in [2.45, 2.75) is 51.1 Å². The number of nitrogens with zero attached hydrogens (tertiary/aromatic N) is 1. The van der Waals surface area contributed by atoms with Gasteiger partial charge in [-0.1, -0.05) is 13.3 Å². The van der Waals surface area contributed by atoms with E-state index in [1.54, 1.807) is 0 Å². The van der Waals surface area contributed by atoms with E-state index in [1.165, 1.54) is 32.1 Å². The van der Waals surface area contributed by atoms with Crippen molar-refractivity contribution >= 4 is 0 Å². The van der Waals surface area contributed by atoms with Crippen LogP contribution in [-0.2, 0) is 4.74 Å². The van der Waals surface area contributed by atoms with Crippen LogP contribution in [0.3, 0.4) is 0 Å². The van der Waals surface area contributed by atoms with Gasteiger partial charge in [0.15, 0.2) is 0 Å². The van der Waals surface area contributed by atoms with Crippen LogP contribution in [0.4, 0.5) is 0 Å². The molecule has 17 heavy (non-hydrogen) atoms. The Kier molecular flexibility index (Phi) is 4.83. The van der Waals surface area contributed by atoms with Crippen LogP contribution in [0.1, 0.15) is 39.0 Å². The number of hydrogen-bond acceptors (Lipinski definition) is 3. The molecule has 1 saturated heterocycles. The molecule has 0 aromatic rings. The third kappa shape index (κ3) is 3.21. The summed E-state index contributed by atoms with van der Waals surface area (Å²) in [5.41, 5.74) is 5.96. The normalized spacial score (nSPS) is 36.4. The summed E-state index contributed by atoms with van der Waals surface area (Å²) in [7, 11) is 2.31.